The van der Waals surface area contributed by atoms with Gasteiger partial charge in [-0.25, -0.2) is 4.98 Å². The van der Waals surface area contributed by atoms with E-state index in [1.54, 1.807) is 18.2 Å². The third kappa shape index (κ3) is 4.90. The first-order valence-electron chi connectivity index (χ1n) is 10.4. The molecular formula is C23H19F3N4O2S. The molecule has 0 spiro atoms. The third-order valence-corrected chi connectivity index (χ3v) is 6.54. The molecule has 6 nitrogen and oxygen atoms in total. The van der Waals surface area contributed by atoms with E-state index < -0.39 is 11.7 Å². The third-order valence-electron chi connectivity index (χ3n) is 5.52. The predicted molar refractivity (Wildman–Crippen MR) is 117 cm³/mol. The number of benzene rings is 2. The van der Waals surface area contributed by atoms with Crippen LogP contribution in [0.4, 0.5) is 13.2 Å². The molecule has 4 aromatic rings. The van der Waals surface area contributed by atoms with Gasteiger partial charge in [-0.15, -0.1) is 21.5 Å². The summed E-state index contributed by atoms with van der Waals surface area (Å²) in [6.45, 7) is 2.00. The number of nitrogens with one attached hydrogen (secondary N) is 1. The summed E-state index contributed by atoms with van der Waals surface area (Å²) in [6, 6.07) is 10.6. The molecule has 2 heterocycles. The molecule has 2 aromatic carbocycles. The number of amides is 1. The summed E-state index contributed by atoms with van der Waals surface area (Å²) in [4.78, 5) is 16.6. The molecule has 10 heteroatoms. The topological polar surface area (TPSA) is 80.9 Å². The van der Waals surface area contributed by atoms with Gasteiger partial charge < -0.3 is 9.73 Å². The van der Waals surface area contributed by atoms with Crippen LogP contribution in [0.15, 0.2) is 46.9 Å². The van der Waals surface area contributed by atoms with Crippen LogP contribution in [0.2, 0.25) is 0 Å². The van der Waals surface area contributed by atoms with Gasteiger partial charge in [0.05, 0.1) is 22.2 Å². The Morgan fingerprint density at radius 1 is 1.12 bits per heavy atom. The summed E-state index contributed by atoms with van der Waals surface area (Å²) >= 11 is 1.41. The average Bonchev–Trinajstić information content (AvgIpc) is 3.14. The summed E-state index contributed by atoms with van der Waals surface area (Å²) in [5.74, 6) is 0.458. The van der Waals surface area contributed by atoms with Crippen molar-refractivity contribution in [3.63, 3.8) is 0 Å². The Morgan fingerprint density at radius 2 is 1.88 bits per heavy atom. The van der Waals surface area contributed by atoms with Crippen molar-refractivity contribution in [2.45, 2.75) is 44.3 Å². The first-order valence-corrected chi connectivity index (χ1v) is 11.2. The maximum atomic E-state index is 13.0. The zero-order valence-electron chi connectivity index (χ0n) is 17.6. The number of aromatic nitrogens is 3. The summed E-state index contributed by atoms with van der Waals surface area (Å²) in [6.07, 6.45) is -2.10. The molecule has 0 saturated heterocycles. The molecule has 1 N–H and O–H groups in total. The lowest BCUT2D eigenvalue weighted by Crippen LogP contribution is -2.35. The highest BCUT2D eigenvalue weighted by atomic mass is 32.1. The number of hydrogen-bond donors (Lipinski definition) is 1. The molecule has 0 radical (unpaired) electrons. The number of thiazole rings is 1. The Labute approximate surface area is 190 Å². The summed E-state index contributed by atoms with van der Waals surface area (Å²) in [5, 5.41) is 11.6. The Bertz CT molecular complexity index is 1340. The van der Waals surface area contributed by atoms with Crippen LogP contribution in [0.3, 0.4) is 0 Å². The van der Waals surface area contributed by atoms with Gasteiger partial charge in [0, 0.05) is 5.54 Å². The number of hydrogen-bond acceptors (Lipinski definition) is 6. The highest BCUT2D eigenvalue weighted by Crippen LogP contribution is 2.35. The largest absolute Gasteiger partial charge is 0.424 e. The first-order chi connectivity index (χ1) is 15.7. The number of fused-ring (bicyclic) bond motifs is 1. The van der Waals surface area contributed by atoms with Gasteiger partial charge in [0.25, 0.3) is 0 Å². The van der Waals surface area contributed by atoms with E-state index >= 15 is 0 Å². The smallest absolute Gasteiger partial charge is 0.416 e. The Balaban J connectivity index is 1.31. The van der Waals surface area contributed by atoms with Gasteiger partial charge in [0.2, 0.25) is 17.7 Å². The van der Waals surface area contributed by atoms with Gasteiger partial charge in [0.1, 0.15) is 11.4 Å². The molecule has 0 atom stereocenters. The van der Waals surface area contributed by atoms with Crippen molar-refractivity contribution >= 4 is 27.5 Å². The number of alkyl halides is 3. The van der Waals surface area contributed by atoms with Crippen LogP contribution in [-0.2, 0) is 23.8 Å². The van der Waals surface area contributed by atoms with Crippen molar-refractivity contribution in [1.29, 1.82) is 0 Å². The molecule has 1 aliphatic carbocycles. The SMILES string of the molecule is CC1(NC(=O)Cc2nnc(Cc3nc4ccc(-c5cccc(C(F)(F)F)c5)cc4s3)o2)CC1. The second kappa shape index (κ2) is 7.95. The number of carbonyl (C=O) groups excluding carboxylic acids is 1. The van der Waals surface area contributed by atoms with Crippen molar-refractivity contribution < 1.29 is 22.4 Å². The molecule has 170 valence electrons. The first kappa shape index (κ1) is 21.6. The molecule has 0 unspecified atom stereocenters. The number of carbonyl (C=O) groups is 1. The van der Waals surface area contributed by atoms with Crippen molar-refractivity contribution in [1.82, 2.24) is 20.5 Å². The quantitative estimate of drug-likeness (QED) is 0.419. The van der Waals surface area contributed by atoms with Gasteiger partial charge in [-0.1, -0.05) is 18.2 Å². The maximum Gasteiger partial charge on any atom is 0.416 e. The molecule has 1 saturated carbocycles. The molecule has 0 aliphatic heterocycles. The zero-order valence-corrected chi connectivity index (χ0v) is 18.4. The fourth-order valence-corrected chi connectivity index (χ4v) is 4.49. The van der Waals surface area contributed by atoms with Crippen molar-refractivity contribution in [3.8, 4) is 11.1 Å². The monoisotopic (exact) mass is 472 g/mol. The fraction of sp³-hybridized carbons (Fsp3) is 0.304. The van der Waals surface area contributed by atoms with Crippen LogP contribution < -0.4 is 5.32 Å². The molecule has 5 rings (SSSR count). The minimum absolute atomic E-state index is 0.0305. The Morgan fingerprint density at radius 3 is 2.64 bits per heavy atom. The minimum Gasteiger partial charge on any atom is -0.424 e. The maximum absolute atomic E-state index is 13.0. The van der Waals surface area contributed by atoms with E-state index in [9.17, 15) is 18.0 Å². The van der Waals surface area contributed by atoms with Crippen molar-refractivity contribution in [2.75, 3.05) is 0 Å². The number of rotatable bonds is 6. The van der Waals surface area contributed by atoms with E-state index in [2.05, 4.69) is 20.5 Å². The summed E-state index contributed by atoms with van der Waals surface area (Å²) < 4.78 is 45.6. The Hall–Kier alpha value is -3.27. The van der Waals surface area contributed by atoms with E-state index in [0.29, 0.717) is 23.4 Å². The normalized spacial score (nSPS) is 15.0. The molecular weight excluding hydrogens is 453 g/mol. The van der Waals surface area contributed by atoms with Crippen LogP contribution in [-0.4, -0.2) is 26.6 Å². The van der Waals surface area contributed by atoms with Gasteiger partial charge in [0.15, 0.2) is 0 Å². The van der Waals surface area contributed by atoms with Crippen molar-refractivity contribution in [2.24, 2.45) is 0 Å². The van der Waals surface area contributed by atoms with Crippen LogP contribution in [0.1, 0.15) is 42.1 Å². The predicted octanol–water partition coefficient (Wildman–Crippen LogP) is 5.17. The van der Waals surface area contributed by atoms with Gasteiger partial charge in [-0.2, -0.15) is 13.2 Å². The van der Waals surface area contributed by atoms with E-state index in [1.807, 2.05) is 13.0 Å². The minimum atomic E-state index is -4.39. The summed E-state index contributed by atoms with van der Waals surface area (Å²) in [7, 11) is 0. The molecule has 1 aliphatic rings. The highest BCUT2D eigenvalue weighted by molar-refractivity contribution is 7.18. The molecule has 1 fully saturated rings. The second-order valence-electron chi connectivity index (χ2n) is 8.42. The number of nitrogens with zero attached hydrogens (tertiary/aromatic N) is 3. The van der Waals surface area contributed by atoms with E-state index in [4.69, 9.17) is 4.42 Å². The van der Waals surface area contributed by atoms with E-state index in [0.717, 1.165) is 40.2 Å². The Kier molecular flexibility index (Phi) is 5.19. The highest BCUT2D eigenvalue weighted by Gasteiger charge is 2.38. The van der Waals surface area contributed by atoms with Crippen LogP contribution >= 0.6 is 11.3 Å². The lowest BCUT2D eigenvalue weighted by atomic mass is 10.0. The zero-order chi connectivity index (χ0) is 23.2. The van der Waals surface area contributed by atoms with E-state index in [1.165, 1.54) is 17.4 Å². The summed E-state index contributed by atoms with van der Waals surface area (Å²) in [5.41, 5.74) is 1.12. The van der Waals surface area contributed by atoms with Crippen molar-refractivity contribution in [3.05, 3.63) is 64.8 Å². The van der Waals surface area contributed by atoms with Crippen LogP contribution in [0.25, 0.3) is 21.3 Å². The fourth-order valence-electron chi connectivity index (χ4n) is 3.49. The van der Waals surface area contributed by atoms with Gasteiger partial charge in [-0.3, -0.25) is 4.79 Å². The molecule has 33 heavy (non-hydrogen) atoms. The lowest BCUT2D eigenvalue weighted by molar-refractivity contribution is -0.137. The van der Waals surface area contributed by atoms with E-state index in [-0.39, 0.29) is 23.8 Å². The average molecular weight is 472 g/mol. The van der Waals surface area contributed by atoms with Crippen LogP contribution in [0, 0.1) is 0 Å². The molecule has 2 aromatic heterocycles. The molecule has 0 bridgehead atoms. The van der Waals surface area contributed by atoms with Crippen LogP contribution in [0.5, 0.6) is 0 Å². The standard InChI is InChI=1S/C23H19F3N4O2S/c1-22(7-8-22)28-18(31)11-19-29-30-20(32-19)12-21-27-16-6-5-14(10-17(16)33-21)13-3-2-4-15(9-13)23(24,25)26/h2-6,9-10H,7-8,11-12H2,1H3,(H,28,31). The number of halogens is 3. The second-order valence-corrected chi connectivity index (χ2v) is 9.54. The van der Waals surface area contributed by atoms with Gasteiger partial charge >= 0.3 is 6.18 Å². The molecule has 1 amide bonds. The lowest BCUT2D eigenvalue weighted by Gasteiger charge is -2.09. The van der Waals surface area contributed by atoms with Gasteiger partial charge in [-0.05, 0) is 55.2 Å².